The number of amides is 1. The minimum Gasteiger partial charge on any atom is -0.354 e. The van der Waals surface area contributed by atoms with Gasteiger partial charge in [-0.1, -0.05) is 36.4 Å². The maximum atomic E-state index is 13.2. The summed E-state index contributed by atoms with van der Waals surface area (Å²) in [4.78, 5) is 14.7. The molecule has 1 saturated heterocycles. The Kier molecular flexibility index (Phi) is 6.12. The summed E-state index contributed by atoms with van der Waals surface area (Å²) >= 11 is 0. The quantitative estimate of drug-likeness (QED) is 0.596. The molecule has 166 valence electrons. The van der Waals surface area contributed by atoms with E-state index >= 15 is 0 Å². The minimum absolute atomic E-state index is 0.218. The fraction of sp³-hybridized carbons (Fsp3) is 0.292. The lowest BCUT2D eigenvalue weighted by Crippen LogP contribution is -2.41. The number of halogens is 3. The van der Waals surface area contributed by atoms with Gasteiger partial charge < -0.3 is 10.2 Å². The molecule has 1 aliphatic heterocycles. The van der Waals surface area contributed by atoms with E-state index in [-0.39, 0.29) is 5.69 Å². The standard InChI is InChI=1S/C24H23F3N4O/c1-16-7-2-3-9-18(16)20-12-13-22(30-29-20)31-14-6-8-17(15-31)23(32)28-21-11-5-4-10-19(21)24(25,26)27/h2-5,7,9-13,17H,6,8,14-15H2,1H3,(H,28,32). The SMILES string of the molecule is Cc1ccccc1-c1ccc(N2CCCC(C(=O)Nc3ccccc3C(F)(F)F)C2)nn1. The van der Waals surface area contributed by atoms with Crippen molar-refractivity contribution in [2.75, 3.05) is 23.3 Å². The largest absolute Gasteiger partial charge is 0.418 e. The van der Waals surface area contributed by atoms with E-state index in [2.05, 4.69) is 15.5 Å². The molecule has 8 heteroatoms. The van der Waals surface area contributed by atoms with Gasteiger partial charge in [-0.25, -0.2) is 0 Å². The molecule has 2 heterocycles. The Bertz CT molecular complexity index is 1100. The summed E-state index contributed by atoms with van der Waals surface area (Å²) < 4.78 is 39.7. The van der Waals surface area contributed by atoms with Crippen LogP contribution < -0.4 is 10.2 Å². The molecule has 32 heavy (non-hydrogen) atoms. The third-order valence-corrected chi connectivity index (χ3v) is 5.68. The lowest BCUT2D eigenvalue weighted by atomic mass is 9.96. The average Bonchev–Trinajstić information content (AvgIpc) is 2.79. The zero-order valence-corrected chi connectivity index (χ0v) is 17.6. The summed E-state index contributed by atoms with van der Waals surface area (Å²) in [5.41, 5.74) is 1.80. The lowest BCUT2D eigenvalue weighted by Gasteiger charge is -2.32. The summed E-state index contributed by atoms with van der Waals surface area (Å²) in [7, 11) is 0. The highest BCUT2D eigenvalue weighted by Gasteiger charge is 2.34. The van der Waals surface area contributed by atoms with Crippen molar-refractivity contribution in [3.8, 4) is 11.3 Å². The number of hydrogen-bond acceptors (Lipinski definition) is 4. The van der Waals surface area contributed by atoms with E-state index in [0.717, 1.165) is 29.3 Å². The molecule has 0 bridgehead atoms. The van der Waals surface area contributed by atoms with Crippen LogP contribution >= 0.6 is 0 Å². The van der Waals surface area contributed by atoms with Gasteiger partial charge in [0.1, 0.15) is 0 Å². The highest BCUT2D eigenvalue weighted by atomic mass is 19.4. The first-order valence-corrected chi connectivity index (χ1v) is 10.4. The van der Waals surface area contributed by atoms with Crippen LogP contribution in [0, 0.1) is 12.8 Å². The Labute approximate surface area is 184 Å². The van der Waals surface area contributed by atoms with Crippen LogP contribution in [0.5, 0.6) is 0 Å². The Hall–Kier alpha value is -3.42. The minimum atomic E-state index is -4.53. The first kappa shape index (κ1) is 21.8. The monoisotopic (exact) mass is 440 g/mol. The molecule has 1 unspecified atom stereocenters. The van der Waals surface area contributed by atoms with Gasteiger partial charge in [-0.15, -0.1) is 10.2 Å². The van der Waals surface area contributed by atoms with Crippen LogP contribution in [0.4, 0.5) is 24.7 Å². The second kappa shape index (κ2) is 8.98. The highest BCUT2D eigenvalue weighted by molar-refractivity contribution is 5.93. The van der Waals surface area contributed by atoms with Crippen molar-refractivity contribution in [2.24, 2.45) is 5.92 Å². The van der Waals surface area contributed by atoms with E-state index in [1.807, 2.05) is 48.2 Å². The first-order valence-electron chi connectivity index (χ1n) is 10.4. The number of aromatic nitrogens is 2. The van der Waals surface area contributed by atoms with Crippen LogP contribution in [0.2, 0.25) is 0 Å². The molecule has 0 saturated carbocycles. The molecule has 4 rings (SSSR count). The molecule has 1 fully saturated rings. The van der Waals surface area contributed by atoms with Crippen LogP contribution in [0.3, 0.4) is 0 Å². The summed E-state index contributed by atoms with van der Waals surface area (Å²) in [6, 6.07) is 16.7. The Morgan fingerprint density at radius 1 is 1.03 bits per heavy atom. The molecule has 1 aliphatic rings. The van der Waals surface area contributed by atoms with Gasteiger partial charge in [0.15, 0.2) is 5.82 Å². The topological polar surface area (TPSA) is 58.1 Å². The van der Waals surface area contributed by atoms with Gasteiger partial charge in [-0.2, -0.15) is 13.2 Å². The zero-order valence-electron chi connectivity index (χ0n) is 17.6. The third-order valence-electron chi connectivity index (χ3n) is 5.68. The van der Waals surface area contributed by atoms with Crippen LogP contribution in [0.1, 0.15) is 24.0 Å². The molecule has 0 spiro atoms. The molecule has 5 nitrogen and oxygen atoms in total. The number of rotatable bonds is 4. The van der Waals surface area contributed by atoms with Crippen molar-refractivity contribution in [1.82, 2.24) is 10.2 Å². The number of piperidine rings is 1. The van der Waals surface area contributed by atoms with Crippen LogP contribution in [-0.4, -0.2) is 29.2 Å². The fourth-order valence-electron chi connectivity index (χ4n) is 3.97. The number of alkyl halides is 3. The second-order valence-corrected chi connectivity index (χ2v) is 7.91. The van der Waals surface area contributed by atoms with Crippen molar-refractivity contribution in [3.63, 3.8) is 0 Å². The molecule has 2 aromatic carbocycles. The van der Waals surface area contributed by atoms with Gasteiger partial charge in [0.25, 0.3) is 0 Å². The van der Waals surface area contributed by atoms with Gasteiger partial charge in [0.05, 0.1) is 22.9 Å². The van der Waals surface area contributed by atoms with E-state index in [1.54, 1.807) is 0 Å². The summed E-state index contributed by atoms with van der Waals surface area (Å²) in [6.45, 7) is 3.09. The number of carbonyl (C=O) groups excluding carboxylic acids is 1. The maximum Gasteiger partial charge on any atom is 0.418 e. The smallest absolute Gasteiger partial charge is 0.354 e. The third kappa shape index (κ3) is 4.74. The predicted molar refractivity (Wildman–Crippen MR) is 117 cm³/mol. The van der Waals surface area contributed by atoms with Gasteiger partial charge in [0, 0.05) is 18.7 Å². The summed E-state index contributed by atoms with van der Waals surface area (Å²) in [6.07, 6.45) is -3.19. The molecule has 1 N–H and O–H groups in total. The molecular formula is C24H23F3N4O. The maximum absolute atomic E-state index is 13.2. The fourth-order valence-corrected chi connectivity index (χ4v) is 3.97. The van der Waals surface area contributed by atoms with Gasteiger partial charge in [0.2, 0.25) is 5.91 Å². The molecule has 1 aromatic heterocycles. The van der Waals surface area contributed by atoms with Crippen LogP contribution in [0.25, 0.3) is 11.3 Å². The molecule has 0 radical (unpaired) electrons. The van der Waals surface area contributed by atoms with E-state index in [9.17, 15) is 18.0 Å². The van der Waals surface area contributed by atoms with Crippen molar-refractivity contribution in [1.29, 1.82) is 0 Å². The van der Waals surface area contributed by atoms with Crippen molar-refractivity contribution >= 4 is 17.4 Å². The Balaban J connectivity index is 1.46. The van der Waals surface area contributed by atoms with Crippen LogP contribution in [-0.2, 0) is 11.0 Å². The number of benzene rings is 2. The lowest BCUT2D eigenvalue weighted by molar-refractivity contribution is -0.137. The van der Waals surface area contributed by atoms with E-state index < -0.39 is 23.6 Å². The van der Waals surface area contributed by atoms with Gasteiger partial charge in [-0.05, 0) is 49.6 Å². The first-order chi connectivity index (χ1) is 15.3. The number of anilines is 2. The molecule has 3 aromatic rings. The summed E-state index contributed by atoms with van der Waals surface area (Å²) in [5.74, 6) is -0.214. The molecule has 1 amide bonds. The number of nitrogens with one attached hydrogen (secondary N) is 1. The van der Waals surface area contributed by atoms with Crippen molar-refractivity contribution in [2.45, 2.75) is 25.9 Å². The highest BCUT2D eigenvalue weighted by Crippen LogP contribution is 2.35. The molecule has 1 atom stereocenters. The second-order valence-electron chi connectivity index (χ2n) is 7.91. The van der Waals surface area contributed by atoms with E-state index in [0.29, 0.717) is 25.3 Å². The predicted octanol–water partition coefficient (Wildman–Crippen LogP) is 5.33. The number of nitrogens with zero attached hydrogens (tertiary/aromatic N) is 3. The molecule has 0 aliphatic carbocycles. The van der Waals surface area contributed by atoms with Gasteiger partial charge in [-0.3, -0.25) is 4.79 Å². The Morgan fingerprint density at radius 2 is 1.78 bits per heavy atom. The normalized spacial score (nSPS) is 16.6. The van der Waals surface area contributed by atoms with E-state index in [1.165, 1.54) is 18.2 Å². The number of aryl methyl sites for hydroxylation is 1. The Morgan fingerprint density at radius 3 is 2.50 bits per heavy atom. The number of hydrogen-bond donors (Lipinski definition) is 1. The van der Waals surface area contributed by atoms with Crippen molar-refractivity contribution in [3.05, 3.63) is 71.8 Å². The van der Waals surface area contributed by atoms with E-state index in [4.69, 9.17) is 0 Å². The zero-order chi connectivity index (χ0) is 22.7. The number of para-hydroxylation sites is 1. The summed E-state index contributed by atoms with van der Waals surface area (Å²) in [5, 5.41) is 11.2. The number of carbonyl (C=O) groups is 1. The van der Waals surface area contributed by atoms with Crippen molar-refractivity contribution < 1.29 is 18.0 Å². The van der Waals surface area contributed by atoms with Gasteiger partial charge >= 0.3 is 6.18 Å². The average molecular weight is 440 g/mol. The van der Waals surface area contributed by atoms with Crippen LogP contribution in [0.15, 0.2) is 60.7 Å². The molecular weight excluding hydrogens is 417 g/mol.